The van der Waals surface area contributed by atoms with Crippen LogP contribution >= 0.6 is 0 Å². The Bertz CT molecular complexity index is 766. The molecule has 1 atom stereocenters. The molecule has 24 heavy (non-hydrogen) atoms. The quantitative estimate of drug-likeness (QED) is 0.674. The van der Waals surface area contributed by atoms with Crippen molar-refractivity contribution in [3.05, 3.63) is 68.6 Å². The Morgan fingerprint density at radius 2 is 1.83 bits per heavy atom. The predicted molar refractivity (Wildman–Crippen MR) is 92.9 cm³/mol. The van der Waals surface area contributed by atoms with Crippen LogP contribution in [-0.4, -0.2) is 22.7 Å². The van der Waals surface area contributed by atoms with Crippen molar-refractivity contribution in [2.75, 3.05) is 6.54 Å². The minimum Gasteiger partial charge on any atom is -0.387 e. The summed E-state index contributed by atoms with van der Waals surface area (Å²) in [4.78, 5) is 26.4. The number of carbonyl (C=O) groups excluding carboxylic acids is 1. The molecule has 2 rings (SSSR count). The van der Waals surface area contributed by atoms with Crippen molar-refractivity contribution < 1.29 is 9.90 Å². The fourth-order valence-electron chi connectivity index (χ4n) is 2.43. The lowest BCUT2D eigenvalue weighted by molar-refractivity contribution is 0.173. The van der Waals surface area contributed by atoms with E-state index >= 15 is 0 Å². The Hall–Kier alpha value is -2.60. The molecule has 0 unspecified atom stereocenters. The Kier molecular flexibility index (Phi) is 5.76. The second-order valence-corrected chi connectivity index (χ2v) is 5.93. The summed E-state index contributed by atoms with van der Waals surface area (Å²) in [5.41, 5.74) is 3.78. The van der Waals surface area contributed by atoms with Gasteiger partial charge in [0, 0.05) is 17.8 Å². The van der Waals surface area contributed by atoms with Crippen molar-refractivity contribution in [2.24, 2.45) is 0 Å². The number of hydrogen-bond acceptors (Lipinski definition) is 3. The standard InChI is InChI=1S/C18H23N3O3/c1-11-4-6-14(7-5-11)16(22)10-20-18(24)19-9-15-12(2)8-13(3)21-17(15)23/h4-8,16,22H,9-10H2,1-3H3,(H,21,23)(H2,19,20,24)/t16-/m0/s1. The van der Waals surface area contributed by atoms with Gasteiger partial charge in [-0.1, -0.05) is 29.8 Å². The van der Waals surface area contributed by atoms with E-state index in [-0.39, 0.29) is 18.6 Å². The van der Waals surface area contributed by atoms with Crippen LogP contribution in [0.5, 0.6) is 0 Å². The van der Waals surface area contributed by atoms with Gasteiger partial charge in [0.05, 0.1) is 12.6 Å². The van der Waals surface area contributed by atoms with Crippen LogP contribution in [0.25, 0.3) is 0 Å². The van der Waals surface area contributed by atoms with Gasteiger partial charge in [0.1, 0.15) is 0 Å². The number of amides is 2. The van der Waals surface area contributed by atoms with Crippen molar-refractivity contribution in [3.63, 3.8) is 0 Å². The lowest BCUT2D eigenvalue weighted by Crippen LogP contribution is -2.38. The van der Waals surface area contributed by atoms with Gasteiger partial charge in [-0.05, 0) is 38.0 Å². The lowest BCUT2D eigenvalue weighted by Gasteiger charge is -2.13. The minimum atomic E-state index is -0.777. The summed E-state index contributed by atoms with van der Waals surface area (Å²) < 4.78 is 0. The van der Waals surface area contributed by atoms with Gasteiger partial charge in [-0.25, -0.2) is 4.79 Å². The first-order chi connectivity index (χ1) is 11.4. The number of carbonyl (C=O) groups is 1. The number of aryl methyl sites for hydroxylation is 3. The van der Waals surface area contributed by atoms with Crippen molar-refractivity contribution in [3.8, 4) is 0 Å². The van der Waals surface area contributed by atoms with Crippen molar-refractivity contribution in [1.82, 2.24) is 15.6 Å². The minimum absolute atomic E-state index is 0.0954. The van der Waals surface area contributed by atoms with Gasteiger partial charge < -0.3 is 20.7 Å². The number of H-pyrrole nitrogens is 1. The van der Waals surface area contributed by atoms with Gasteiger partial charge in [0.25, 0.3) is 5.56 Å². The number of aliphatic hydroxyl groups excluding tert-OH is 1. The number of pyridine rings is 1. The smallest absolute Gasteiger partial charge is 0.315 e. The third-order valence-electron chi connectivity index (χ3n) is 3.84. The largest absolute Gasteiger partial charge is 0.387 e. The van der Waals surface area contributed by atoms with Gasteiger partial charge in [0.2, 0.25) is 0 Å². The summed E-state index contributed by atoms with van der Waals surface area (Å²) in [7, 11) is 0. The van der Waals surface area contributed by atoms with E-state index in [4.69, 9.17) is 0 Å². The molecular formula is C18H23N3O3. The molecule has 0 fully saturated rings. The summed E-state index contributed by atoms with van der Waals surface area (Å²) in [6.45, 7) is 5.84. The summed E-state index contributed by atoms with van der Waals surface area (Å²) in [5, 5.41) is 15.3. The summed E-state index contributed by atoms with van der Waals surface area (Å²) in [6.07, 6.45) is -0.777. The van der Waals surface area contributed by atoms with E-state index < -0.39 is 12.1 Å². The molecule has 1 aromatic heterocycles. The summed E-state index contributed by atoms with van der Waals surface area (Å²) >= 11 is 0. The monoisotopic (exact) mass is 329 g/mol. The molecule has 2 amide bonds. The fourth-order valence-corrected chi connectivity index (χ4v) is 2.43. The average Bonchev–Trinajstić information content (AvgIpc) is 2.52. The highest BCUT2D eigenvalue weighted by Crippen LogP contribution is 2.12. The molecule has 0 bridgehead atoms. The Balaban J connectivity index is 1.86. The van der Waals surface area contributed by atoms with Crippen molar-refractivity contribution in [1.29, 1.82) is 0 Å². The summed E-state index contributed by atoms with van der Waals surface area (Å²) in [6, 6.07) is 8.90. The molecule has 0 aliphatic carbocycles. The first kappa shape index (κ1) is 17.7. The van der Waals surface area contributed by atoms with Crippen LogP contribution < -0.4 is 16.2 Å². The zero-order chi connectivity index (χ0) is 17.7. The van der Waals surface area contributed by atoms with Gasteiger partial charge in [-0.3, -0.25) is 4.79 Å². The molecule has 0 aliphatic heterocycles. The molecule has 0 spiro atoms. The molecule has 2 aromatic rings. The van der Waals surface area contributed by atoms with E-state index in [1.54, 1.807) is 0 Å². The molecule has 0 radical (unpaired) electrons. The third-order valence-corrected chi connectivity index (χ3v) is 3.84. The molecule has 6 nitrogen and oxygen atoms in total. The number of aromatic nitrogens is 1. The van der Waals surface area contributed by atoms with Crippen LogP contribution in [0.2, 0.25) is 0 Å². The number of benzene rings is 1. The molecule has 128 valence electrons. The van der Waals surface area contributed by atoms with E-state index in [0.29, 0.717) is 5.56 Å². The highest BCUT2D eigenvalue weighted by atomic mass is 16.3. The predicted octanol–water partition coefficient (Wildman–Crippen LogP) is 1.83. The maximum absolute atomic E-state index is 11.9. The first-order valence-corrected chi connectivity index (χ1v) is 7.82. The number of urea groups is 1. The van der Waals surface area contributed by atoms with Crippen LogP contribution in [0.3, 0.4) is 0 Å². The van der Waals surface area contributed by atoms with E-state index in [1.807, 2.05) is 51.1 Å². The van der Waals surface area contributed by atoms with E-state index in [2.05, 4.69) is 15.6 Å². The van der Waals surface area contributed by atoms with E-state index in [9.17, 15) is 14.7 Å². The molecule has 0 saturated carbocycles. The Morgan fingerprint density at radius 1 is 1.17 bits per heavy atom. The number of hydrogen-bond donors (Lipinski definition) is 4. The zero-order valence-electron chi connectivity index (χ0n) is 14.1. The average molecular weight is 329 g/mol. The normalized spacial score (nSPS) is 11.8. The lowest BCUT2D eigenvalue weighted by atomic mass is 10.1. The van der Waals surface area contributed by atoms with Crippen LogP contribution in [0, 0.1) is 20.8 Å². The molecule has 6 heteroatoms. The SMILES string of the molecule is Cc1ccc([C@@H](O)CNC(=O)NCc2c(C)cc(C)[nH]c2=O)cc1. The van der Waals surface area contributed by atoms with Gasteiger partial charge in [0.15, 0.2) is 0 Å². The van der Waals surface area contributed by atoms with Gasteiger partial charge in [-0.2, -0.15) is 0 Å². The summed E-state index contributed by atoms with van der Waals surface area (Å²) in [5.74, 6) is 0. The van der Waals surface area contributed by atoms with E-state index in [0.717, 1.165) is 22.4 Å². The van der Waals surface area contributed by atoms with Crippen molar-refractivity contribution >= 4 is 6.03 Å². The number of rotatable bonds is 5. The number of nitrogens with one attached hydrogen (secondary N) is 3. The molecular weight excluding hydrogens is 306 g/mol. The van der Waals surface area contributed by atoms with Crippen LogP contribution in [-0.2, 0) is 6.54 Å². The zero-order valence-corrected chi connectivity index (χ0v) is 14.1. The second-order valence-electron chi connectivity index (χ2n) is 5.93. The molecule has 1 heterocycles. The molecule has 0 aliphatic rings. The van der Waals surface area contributed by atoms with Crippen LogP contribution in [0.4, 0.5) is 4.79 Å². The second kappa shape index (κ2) is 7.79. The Morgan fingerprint density at radius 3 is 2.46 bits per heavy atom. The number of aliphatic hydroxyl groups is 1. The highest BCUT2D eigenvalue weighted by molar-refractivity contribution is 5.73. The van der Waals surface area contributed by atoms with Crippen LogP contribution in [0.1, 0.15) is 34.1 Å². The molecule has 0 saturated heterocycles. The topological polar surface area (TPSA) is 94.2 Å². The maximum Gasteiger partial charge on any atom is 0.315 e. The number of aromatic amines is 1. The van der Waals surface area contributed by atoms with Gasteiger partial charge in [-0.15, -0.1) is 0 Å². The third kappa shape index (κ3) is 4.70. The Labute approximate surface area is 140 Å². The molecule has 4 N–H and O–H groups in total. The van der Waals surface area contributed by atoms with E-state index in [1.165, 1.54) is 0 Å². The fraction of sp³-hybridized carbons (Fsp3) is 0.333. The van der Waals surface area contributed by atoms with Gasteiger partial charge >= 0.3 is 6.03 Å². The maximum atomic E-state index is 11.9. The first-order valence-electron chi connectivity index (χ1n) is 7.82. The van der Waals surface area contributed by atoms with Crippen molar-refractivity contribution in [2.45, 2.75) is 33.4 Å². The van der Waals surface area contributed by atoms with Crippen LogP contribution in [0.15, 0.2) is 35.1 Å². The molecule has 1 aromatic carbocycles. The highest BCUT2D eigenvalue weighted by Gasteiger charge is 2.10.